The van der Waals surface area contributed by atoms with Crippen LogP contribution in [0.1, 0.15) is 15.9 Å². The number of hydrogen-bond acceptors (Lipinski definition) is 3. The van der Waals surface area contributed by atoms with Crippen molar-refractivity contribution < 1.29 is 9.90 Å². The van der Waals surface area contributed by atoms with E-state index < -0.39 is 0 Å². The van der Waals surface area contributed by atoms with Crippen molar-refractivity contribution in [2.45, 2.75) is 6.61 Å². The van der Waals surface area contributed by atoms with Gasteiger partial charge in [-0.2, -0.15) is 0 Å². The number of thiocarbonyl (C=S) groups is 1. The number of aliphatic hydroxyl groups excluding tert-OH is 1. The second-order valence-electron chi connectivity index (χ2n) is 4.25. The number of aliphatic hydroxyl groups is 1. The highest BCUT2D eigenvalue weighted by atomic mass is 79.9. The molecule has 108 valence electrons. The highest BCUT2D eigenvalue weighted by molar-refractivity contribution is 9.10. The van der Waals surface area contributed by atoms with Crippen molar-refractivity contribution in [1.82, 2.24) is 5.32 Å². The minimum absolute atomic E-state index is 0.0500. The maximum Gasteiger partial charge on any atom is 0.258 e. The molecule has 3 N–H and O–H groups in total. The molecule has 2 rings (SSSR count). The molecule has 0 aromatic heterocycles. The van der Waals surface area contributed by atoms with Gasteiger partial charge >= 0.3 is 0 Å². The molecule has 0 unspecified atom stereocenters. The Kier molecular flexibility index (Phi) is 5.44. The summed E-state index contributed by atoms with van der Waals surface area (Å²) >= 11 is 8.43. The molecule has 0 atom stereocenters. The Bertz CT molecular complexity index is 676. The normalized spacial score (nSPS) is 10.0. The number of carbonyl (C=O) groups is 1. The maximum absolute atomic E-state index is 12.1. The third kappa shape index (κ3) is 4.35. The molecule has 0 saturated carbocycles. The van der Waals surface area contributed by atoms with Gasteiger partial charge in [-0.3, -0.25) is 10.1 Å². The van der Waals surface area contributed by atoms with Gasteiger partial charge in [0, 0.05) is 10.2 Å². The van der Waals surface area contributed by atoms with Gasteiger partial charge in [-0.15, -0.1) is 0 Å². The van der Waals surface area contributed by atoms with Crippen molar-refractivity contribution >= 4 is 44.9 Å². The molecule has 2 aromatic rings. The Morgan fingerprint density at radius 3 is 2.67 bits per heavy atom. The first-order chi connectivity index (χ1) is 10.1. The Morgan fingerprint density at radius 1 is 1.19 bits per heavy atom. The van der Waals surface area contributed by atoms with Gasteiger partial charge in [-0.1, -0.05) is 24.3 Å². The van der Waals surface area contributed by atoms with Crippen molar-refractivity contribution in [1.29, 1.82) is 0 Å². The van der Waals surface area contributed by atoms with Crippen molar-refractivity contribution in [3.05, 3.63) is 64.1 Å². The third-order valence-electron chi connectivity index (χ3n) is 2.71. The van der Waals surface area contributed by atoms with Gasteiger partial charge in [-0.25, -0.2) is 0 Å². The highest BCUT2D eigenvalue weighted by Gasteiger charge is 2.10. The summed E-state index contributed by atoms with van der Waals surface area (Å²) in [5, 5.41) is 14.8. The molecule has 1 amide bonds. The fourth-order valence-corrected chi connectivity index (χ4v) is 2.40. The van der Waals surface area contributed by atoms with E-state index in [1.165, 1.54) is 0 Å². The van der Waals surface area contributed by atoms with Crippen LogP contribution in [0.25, 0.3) is 0 Å². The number of benzene rings is 2. The molecule has 0 aliphatic carbocycles. The number of amides is 1. The summed E-state index contributed by atoms with van der Waals surface area (Å²) in [6, 6.07) is 14.3. The van der Waals surface area contributed by atoms with Gasteiger partial charge in [0.25, 0.3) is 5.91 Å². The lowest BCUT2D eigenvalue weighted by Gasteiger charge is -2.11. The summed E-state index contributed by atoms with van der Waals surface area (Å²) in [5.41, 5.74) is 1.98. The fraction of sp³-hybridized carbons (Fsp3) is 0.0667. The molecular formula is C15H13BrN2O2S. The minimum atomic E-state index is -0.293. The molecule has 0 aliphatic heterocycles. The number of halogens is 1. The third-order valence-corrected chi connectivity index (χ3v) is 3.61. The van der Waals surface area contributed by atoms with E-state index in [0.717, 1.165) is 5.56 Å². The van der Waals surface area contributed by atoms with Gasteiger partial charge < -0.3 is 10.4 Å². The topological polar surface area (TPSA) is 61.4 Å². The quantitative estimate of drug-likeness (QED) is 0.732. The first-order valence-corrected chi connectivity index (χ1v) is 7.37. The largest absolute Gasteiger partial charge is 0.392 e. The molecule has 0 heterocycles. The number of carbonyl (C=O) groups excluding carboxylic acids is 1. The molecule has 0 fully saturated rings. The van der Waals surface area contributed by atoms with E-state index in [9.17, 15) is 4.79 Å². The molecule has 0 spiro atoms. The first-order valence-electron chi connectivity index (χ1n) is 6.17. The van der Waals surface area contributed by atoms with E-state index in [0.29, 0.717) is 15.7 Å². The minimum Gasteiger partial charge on any atom is -0.392 e. The van der Waals surface area contributed by atoms with Crippen LogP contribution >= 0.6 is 28.1 Å². The second-order valence-corrected chi connectivity index (χ2v) is 5.51. The lowest BCUT2D eigenvalue weighted by atomic mass is 10.2. The van der Waals surface area contributed by atoms with Crippen molar-refractivity contribution in [3.8, 4) is 0 Å². The lowest BCUT2D eigenvalue weighted by Crippen LogP contribution is -2.34. The van der Waals surface area contributed by atoms with E-state index in [1.807, 2.05) is 6.07 Å². The number of anilines is 1. The Hall–Kier alpha value is -1.76. The van der Waals surface area contributed by atoms with Crippen molar-refractivity contribution in [3.63, 3.8) is 0 Å². The van der Waals surface area contributed by atoms with E-state index >= 15 is 0 Å². The number of hydrogen-bond donors (Lipinski definition) is 3. The van der Waals surface area contributed by atoms with Crippen LogP contribution in [0, 0.1) is 0 Å². The van der Waals surface area contributed by atoms with Crippen LogP contribution in [-0.2, 0) is 6.61 Å². The van der Waals surface area contributed by atoms with Gasteiger partial charge in [0.15, 0.2) is 5.11 Å². The van der Waals surface area contributed by atoms with Gasteiger partial charge in [-0.05, 0) is 58.0 Å². The van der Waals surface area contributed by atoms with E-state index in [2.05, 4.69) is 26.6 Å². The first kappa shape index (κ1) is 15.6. The SMILES string of the molecule is O=C(NC(=S)Nc1cccc(CO)c1)c1ccccc1Br. The van der Waals surface area contributed by atoms with Crippen molar-refractivity contribution in [2.75, 3.05) is 5.32 Å². The van der Waals surface area contributed by atoms with Crippen LogP contribution in [-0.4, -0.2) is 16.1 Å². The predicted octanol–water partition coefficient (Wildman–Crippen LogP) is 3.07. The average Bonchev–Trinajstić information content (AvgIpc) is 2.47. The van der Waals surface area contributed by atoms with Crippen LogP contribution in [0.3, 0.4) is 0 Å². The standard InChI is InChI=1S/C15H13BrN2O2S/c16-13-7-2-1-6-12(13)14(20)18-15(21)17-11-5-3-4-10(8-11)9-19/h1-8,19H,9H2,(H2,17,18,20,21). The average molecular weight is 365 g/mol. The monoisotopic (exact) mass is 364 g/mol. The lowest BCUT2D eigenvalue weighted by molar-refractivity contribution is 0.0977. The molecule has 21 heavy (non-hydrogen) atoms. The second kappa shape index (κ2) is 7.31. The van der Waals surface area contributed by atoms with E-state index in [4.69, 9.17) is 17.3 Å². The van der Waals surface area contributed by atoms with Crippen LogP contribution in [0.5, 0.6) is 0 Å². The number of rotatable bonds is 3. The summed E-state index contributed by atoms with van der Waals surface area (Å²) in [7, 11) is 0. The molecule has 0 radical (unpaired) electrons. The molecule has 6 heteroatoms. The van der Waals surface area contributed by atoms with E-state index in [1.54, 1.807) is 42.5 Å². The zero-order valence-electron chi connectivity index (χ0n) is 11.0. The van der Waals surface area contributed by atoms with Crippen LogP contribution in [0.15, 0.2) is 53.0 Å². The Balaban J connectivity index is 2.01. The smallest absolute Gasteiger partial charge is 0.258 e. The Morgan fingerprint density at radius 2 is 1.95 bits per heavy atom. The summed E-state index contributed by atoms with van der Waals surface area (Å²) in [6.45, 7) is -0.0500. The zero-order valence-corrected chi connectivity index (χ0v) is 13.4. The highest BCUT2D eigenvalue weighted by Crippen LogP contribution is 2.15. The number of nitrogens with one attached hydrogen (secondary N) is 2. The molecule has 0 bridgehead atoms. The molecule has 2 aromatic carbocycles. The summed E-state index contributed by atoms with van der Waals surface area (Å²) in [5.74, 6) is -0.293. The molecule has 4 nitrogen and oxygen atoms in total. The van der Waals surface area contributed by atoms with Crippen LogP contribution < -0.4 is 10.6 Å². The van der Waals surface area contributed by atoms with Crippen LogP contribution in [0.4, 0.5) is 5.69 Å². The molecule has 0 saturated heterocycles. The summed E-state index contributed by atoms with van der Waals surface area (Å²) in [6.07, 6.45) is 0. The van der Waals surface area contributed by atoms with Crippen LogP contribution in [0.2, 0.25) is 0 Å². The van der Waals surface area contributed by atoms with Gasteiger partial charge in [0.2, 0.25) is 0 Å². The summed E-state index contributed by atoms with van der Waals surface area (Å²) in [4.78, 5) is 12.1. The van der Waals surface area contributed by atoms with Gasteiger partial charge in [0.05, 0.1) is 12.2 Å². The van der Waals surface area contributed by atoms with Crippen molar-refractivity contribution in [2.24, 2.45) is 0 Å². The summed E-state index contributed by atoms with van der Waals surface area (Å²) < 4.78 is 0.701. The van der Waals surface area contributed by atoms with Gasteiger partial charge in [0.1, 0.15) is 0 Å². The fourth-order valence-electron chi connectivity index (χ4n) is 1.73. The zero-order chi connectivity index (χ0) is 15.2. The Labute approximate surface area is 136 Å². The predicted molar refractivity (Wildman–Crippen MR) is 90.2 cm³/mol. The molecule has 0 aliphatic rings. The van der Waals surface area contributed by atoms with E-state index in [-0.39, 0.29) is 17.6 Å². The maximum atomic E-state index is 12.1. The molecular weight excluding hydrogens is 352 g/mol.